The van der Waals surface area contributed by atoms with Gasteiger partial charge in [0.1, 0.15) is 5.82 Å². The number of ether oxygens (including phenoxy) is 1. The summed E-state index contributed by atoms with van der Waals surface area (Å²) >= 11 is 1.78. The highest BCUT2D eigenvalue weighted by molar-refractivity contribution is 7.10. The number of aryl methyl sites for hydroxylation is 1. The van der Waals surface area contributed by atoms with E-state index in [9.17, 15) is 4.79 Å². The van der Waals surface area contributed by atoms with Crippen LogP contribution in [0.15, 0.2) is 17.8 Å². The van der Waals surface area contributed by atoms with Crippen LogP contribution in [0.25, 0.3) is 0 Å². The van der Waals surface area contributed by atoms with E-state index >= 15 is 0 Å². The summed E-state index contributed by atoms with van der Waals surface area (Å²) in [6, 6.07) is 2.32. The van der Waals surface area contributed by atoms with Crippen molar-refractivity contribution >= 4 is 23.1 Å². The molecule has 0 radical (unpaired) electrons. The molecule has 1 atom stereocenters. The molecule has 100 valence electrons. The third-order valence-electron chi connectivity index (χ3n) is 3.57. The van der Waals surface area contributed by atoms with E-state index < -0.39 is 5.97 Å². The summed E-state index contributed by atoms with van der Waals surface area (Å²) in [6.07, 6.45) is 4.91. The van der Waals surface area contributed by atoms with Gasteiger partial charge in [0.15, 0.2) is 5.69 Å². The summed E-state index contributed by atoms with van der Waals surface area (Å²) < 4.78 is 6.57. The maximum Gasteiger partial charge on any atom is 0.360 e. The molecular formula is C13H15N3O2S. The number of hydrogen-bond donors (Lipinski definition) is 1. The van der Waals surface area contributed by atoms with Gasteiger partial charge >= 0.3 is 5.97 Å². The lowest BCUT2D eigenvalue weighted by Gasteiger charge is -2.24. The Labute approximate surface area is 115 Å². The van der Waals surface area contributed by atoms with E-state index in [1.54, 1.807) is 17.7 Å². The quantitative estimate of drug-likeness (QED) is 0.855. The lowest BCUT2D eigenvalue weighted by atomic mass is 9.94. The number of carbonyl (C=O) groups is 1. The van der Waals surface area contributed by atoms with Crippen molar-refractivity contribution in [1.29, 1.82) is 0 Å². The molecule has 0 aliphatic heterocycles. The Bertz CT molecular complexity index is 617. The molecule has 19 heavy (non-hydrogen) atoms. The third kappa shape index (κ3) is 1.92. The molecule has 1 aliphatic carbocycles. The molecule has 2 heterocycles. The van der Waals surface area contributed by atoms with Gasteiger partial charge in [-0.05, 0) is 36.3 Å². The molecule has 0 bridgehead atoms. The standard InChI is InChI=1S/C13H15N3O2S/c1-18-13(17)11-12(14)16(7-15-11)9-3-2-4-10-8(9)5-6-19-10/h5-7,9H,2-4,14H2,1H3. The molecule has 0 aromatic carbocycles. The average Bonchev–Trinajstić information content (AvgIpc) is 3.04. The first kappa shape index (κ1) is 12.2. The van der Waals surface area contributed by atoms with Gasteiger partial charge < -0.3 is 15.0 Å². The number of methoxy groups -OCH3 is 1. The second kappa shape index (κ2) is 4.70. The number of carbonyl (C=O) groups excluding carboxylic acids is 1. The van der Waals surface area contributed by atoms with Gasteiger partial charge in [-0.2, -0.15) is 0 Å². The Morgan fingerprint density at radius 2 is 2.47 bits per heavy atom. The number of hydrogen-bond acceptors (Lipinski definition) is 5. The van der Waals surface area contributed by atoms with Crippen molar-refractivity contribution < 1.29 is 9.53 Å². The Balaban J connectivity index is 2.01. The predicted octanol–water partition coefficient (Wildman–Crippen LogP) is 2.24. The van der Waals surface area contributed by atoms with Crippen molar-refractivity contribution in [3.63, 3.8) is 0 Å². The molecule has 6 heteroatoms. The van der Waals surface area contributed by atoms with Crippen LogP contribution in [-0.2, 0) is 11.2 Å². The second-order valence-electron chi connectivity index (χ2n) is 4.58. The van der Waals surface area contributed by atoms with Crippen LogP contribution in [0.1, 0.15) is 39.8 Å². The number of nitrogens with two attached hydrogens (primary N) is 1. The number of thiophene rings is 1. The van der Waals surface area contributed by atoms with Crippen LogP contribution in [0.3, 0.4) is 0 Å². The number of aromatic nitrogens is 2. The zero-order valence-electron chi connectivity index (χ0n) is 10.6. The van der Waals surface area contributed by atoms with Gasteiger partial charge in [-0.1, -0.05) is 0 Å². The number of nitrogens with zero attached hydrogens (tertiary/aromatic N) is 2. The Kier molecular flexibility index (Phi) is 3.02. The fourth-order valence-electron chi connectivity index (χ4n) is 2.62. The highest BCUT2D eigenvalue weighted by atomic mass is 32.1. The van der Waals surface area contributed by atoms with Crippen LogP contribution in [0.5, 0.6) is 0 Å². The van der Waals surface area contributed by atoms with E-state index in [0.717, 1.165) is 19.3 Å². The van der Waals surface area contributed by atoms with Crippen LogP contribution in [0.2, 0.25) is 0 Å². The first-order valence-corrected chi connectivity index (χ1v) is 7.07. The lowest BCUT2D eigenvalue weighted by molar-refractivity contribution is 0.0596. The summed E-state index contributed by atoms with van der Waals surface area (Å²) in [4.78, 5) is 17.0. The normalized spacial score (nSPS) is 18.1. The first-order valence-electron chi connectivity index (χ1n) is 6.19. The zero-order chi connectivity index (χ0) is 13.4. The molecule has 1 unspecified atom stereocenters. The minimum atomic E-state index is -0.488. The van der Waals surface area contributed by atoms with Gasteiger partial charge in [-0.15, -0.1) is 11.3 Å². The number of fused-ring (bicyclic) bond motifs is 1. The minimum Gasteiger partial charge on any atom is -0.464 e. The number of esters is 1. The molecule has 3 rings (SSSR count). The van der Waals surface area contributed by atoms with E-state index in [4.69, 9.17) is 5.73 Å². The highest BCUT2D eigenvalue weighted by Crippen LogP contribution is 2.37. The summed E-state index contributed by atoms with van der Waals surface area (Å²) in [7, 11) is 1.33. The van der Waals surface area contributed by atoms with Crippen LogP contribution in [-0.4, -0.2) is 22.6 Å². The van der Waals surface area contributed by atoms with Gasteiger partial charge in [0.05, 0.1) is 19.5 Å². The number of anilines is 1. The molecule has 2 N–H and O–H groups in total. The Hall–Kier alpha value is -1.82. The fraction of sp³-hybridized carbons (Fsp3) is 0.385. The highest BCUT2D eigenvalue weighted by Gasteiger charge is 2.26. The number of rotatable bonds is 2. The largest absolute Gasteiger partial charge is 0.464 e. The van der Waals surface area contributed by atoms with Gasteiger partial charge in [-0.3, -0.25) is 0 Å². The molecule has 0 spiro atoms. The van der Waals surface area contributed by atoms with E-state index in [0.29, 0.717) is 5.82 Å². The lowest BCUT2D eigenvalue weighted by Crippen LogP contribution is -2.17. The van der Waals surface area contributed by atoms with Crippen molar-refractivity contribution in [3.05, 3.63) is 33.9 Å². The molecule has 0 fully saturated rings. The molecule has 0 saturated carbocycles. The Morgan fingerprint density at radius 3 is 3.26 bits per heavy atom. The second-order valence-corrected chi connectivity index (χ2v) is 5.59. The summed E-state index contributed by atoms with van der Waals surface area (Å²) in [5, 5.41) is 2.11. The van der Waals surface area contributed by atoms with Crippen molar-refractivity contribution in [2.45, 2.75) is 25.3 Å². The van der Waals surface area contributed by atoms with Crippen LogP contribution < -0.4 is 5.73 Å². The summed E-state index contributed by atoms with van der Waals surface area (Å²) in [5.74, 6) is -0.103. The SMILES string of the molecule is COC(=O)c1ncn(C2CCCc3sccc32)c1N. The van der Waals surface area contributed by atoms with Gasteiger partial charge in [-0.25, -0.2) is 9.78 Å². The molecule has 0 saturated heterocycles. The minimum absolute atomic E-state index is 0.181. The van der Waals surface area contributed by atoms with Crippen LogP contribution in [0, 0.1) is 0 Å². The molecule has 5 nitrogen and oxygen atoms in total. The summed E-state index contributed by atoms with van der Waals surface area (Å²) in [5.41, 5.74) is 7.54. The number of imidazole rings is 1. The monoisotopic (exact) mass is 277 g/mol. The maximum absolute atomic E-state index is 11.5. The van der Waals surface area contributed by atoms with Crippen LogP contribution in [0.4, 0.5) is 5.82 Å². The van der Waals surface area contributed by atoms with Gasteiger partial charge in [0, 0.05) is 4.88 Å². The van der Waals surface area contributed by atoms with Crippen molar-refractivity contribution in [2.24, 2.45) is 0 Å². The van der Waals surface area contributed by atoms with E-state index in [2.05, 4.69) is 21.2 Å². The van der Waals surface area contributed by atoms with E-state index in [-0.39, 0.29) is 11.7 Å². The fourth-order valence-corrected chi connectivity index (χ4v) is 3.61. The summed E-state index contributed by atoms with van der Waals surface area (Å²) in [6.45, 7) is 0. The molecular weight excluding hydrogens is 262 g/mol. The van der Waals surface area contributed by atoms with Crippen molar-refractivity contribution in [3.8, 4) is 0 Å². The van der Waals surface area contributed by atoms with Crippen LogP contribution >= 0.6 is 11.3 Å². The van der Waals surface area contributed by atoms with Crippen molar-refractivity contribution in [1.82, 2.24) is 9.55 Å². The maximum atomic E-state index is 11.5. The molecule has 2 aromatic heterocycles. The first-order chi connectivity index (χ1) is 9.22. The smallest absolute Gasteiger partial charge is 0.360 e. The van der Waals surface area contributed by atoms with Crippen molar-refractivity contribution in [2.75, 3.05) is 12.8 Å². The average molecular weight is 277 g/mol. The Morgan fingerprint density at radius 1 is 1.63 bits per heavy atom. The predicted molar refractivity (Wildman–Crippen MR) is 73.4 cm³/mol. The van der Waals surface area contributed by atoms with E-state index in [1.165, 1.54) is 17.6 Å². The zero-order valence-corrected chi connectivity index (χ0v) is 11.4. The molecule has 0 amide bonds. The topological polar surface area (TPSA) is 70.1 Å². The van der Waals surface area contributed by atoms with Gasteiger partial charge in [0.25, 0.3) is 0 Å². The molecule has 2 aromatic rings. The van der Waals surface area contributed by atoms with E-state index in [1.807, 2.05) is 4.57 Å². The van der Waals surface area contributed by atoms with Gasteiger partial charge in [0.2, 0.25) is 0 Å². The third-order valence-corrected chi connectivity index (χ3v) is 4.56. The number of nitrogen functional groups attached to an aromatic ring is 1. The molecule has 1 aliphatic rings.